The summed E-state index contributed by atoms with van der Waals surface area (Å²) in [4.78, 5) is 18.5. The van der Waals surface area contributed by atoms with Crippen molar-refractivity contribution in [3.05, 3.63) is 0 Å². The SMILES string of the molecule is CCC1(CC)CCN(C(=NC)NCC(=O)NC(C)(C)C)C1. The number of rotatable bonds is 4. The van der Waals surface area contributed by atoms with Crippen LogP contribution in [0.1, 0.15) is 53.9 Å². The average Bonchev–Trinajstić information content (AvgIpc) is 2.82. The van der Waals surface area contributed by atoms with Crippen molar-refractivity contribution in [2.45, 2.75) is 59.4 Å². The number of likely N-dealkylation sites (tertiary alicyclic amines) is 1. The maximum Gasteiger partial charge on any atom is 0.239 e. The van der Waals surface area contributed by atoms with Crippen LogP contribution in [-0.2, 0) is 4.79 Å². The van der Waals surface area contributed by atoms with E-state index in [1.165, 1.54) is 19.3 Å². The number of guanidine groups is 1. The molecule has 0 unspecified atom stereocenters. The second-order valence-electron chi connectivity index (χ2n) is 7.08. The molecule has 1 aliphatic heterocycles. The van der Waals surface area contributed by atoms with Gasteiger partial charge in [-0.3, -0.25) is 9.79 Å². The van der Waals surface area contributed by atoms with Gasteiger partial charge in [0.1, 0.15) is 0 Å². The van der Waals surface area contributed by atoms with Crippen LogP contribution < -0.4 is 10.6 Å². The summed E-state index contributed by atoms with van der Waals surface area (Å²) in [6.07, 6.45) is 3.60. The standard InChI is InChI=1S/C16H32N4O/c1-7-16(8-2)9-10-20(12-16)14(17-6)18-11-13(21)19-15(3,4)5/h7-12H2,1-6H3,(H,17,18)(H,19,21). The molecule has 0 aromatic heterocycles. The second-order valence-corrected chi connectivity index (χ2v) is 7.08. The molecule has 21 heavy (non-hydrogen) atoms. The number of hydrogen-bond acceptors (Lipinski definition) is 2. The summed E-state index contributed by atoms with van der Waals surface area (Å²) < 4.78 is 0. The number of nitrogens with zero attached hydrogens (tertiary/aromatic N) is 2. The van der Waals surface area contributed by atoms with Gasteiger partial charge in [0.25, 0.3) is 0 Å². The fourth-order valence-corrected chi connectivity index (χ4v) is 2.90. The smallest absolute Gasteiger partial charge is 0.239 e. The van der Waals surface area contributed by atoms with Crippen molar-refractivity contribution in [3.63, 3.8) is 0 Å². The van der Waals surface area contributed by atoms with Crippen molar-refractivity contribution in [2.75, 3.05) is 26.7 Å². The Morgan fingerprint density at radius 2 is 1.90 bits per heavy atom. The normalized spacial score (nSPS) is 18.8. The Kier molecular flexibility index (Phi) is 6.05. The highest BCUT2D eigenvalue weighted by molar-refractivity contribution is 5.86. The molecule has 0 atom stereocenters. The van der Waals surface area contributed by atoms with Gasteiger partial charge in [-0.1, -0.05) is 13.8 Å². The highest BCUT2D eigenvalue weighted by atomic mass is 16.2. The van der Waals surface area contributed by atoms with Gasteiger partial charge in [-0.05, 0) is 45.4 Å². The molecule has 122 valence electrons. The maximum atomic E-state index is 11.9. The summed E-state index contributed by atoms with van der Waals surface area (Å²) >= 11 is 0. The molecule has 0 aromatic carbocycles. The molecule has 1 fully saturated rings. The van der Waals surface area contributed by atoms with Crippen LogP contribution in [0.2, 0.25) is 0 Å². The summed E-state index contributed by atoms with van der Waals surface area (Å²) in [5.74, 6) is 0.836. The number of carbonyl (C=O) groups is 1. The van der Waals surface area contributed by atoms with E-state index in [0.29, 0.717) is 5.41 Å². The first-order valence-electron chi connectivity index (χ1n) is 8.02. The Morgan fingerprint density at radius 3 is 2.33 bits per heavy atom. The molecule has 0 spiro atoms. The van der Waals surface area contributed by atoms with Gasteiger partial charge in [-0.25, -0.2) is 0 Å². The van der Waals surface area contributed by atoms with Gasteiger partial charge >= 0.3 is 0 Å². The van der Waals surface area contributed by atoms with Crippen molar-refractivity contribution in [1.29, 1.82) is 0 Å². The van der Waals surface area contributed by atoms with Crippen LogP contribution in [0.5, 0.6) is 0 Å². The first-order valence-corrected chi connectivity index (χ1v) is 8.02. The van der Waals surface area contributed by atoms with Crippen LogP contribution >= 0.6 is 0 Å². The molecule has 0 radical (unpaired) electrons. The van der Waals surface area contributed by atoms with Gasteiger partial charge in [-0.2, -0.15) is 0 Å². The predicted molar refractivity (Wildman–Crippen MR) is 88.5 cm³/mol. The summed E-state index contributed by atoms with van der Waals surface area (Å²) in [5, 5.41) is 6.14. The quantitative estimate of drug-likeness (QED) is 0.616. The van der Waals surface area contributed by atoms with Crippen molar-refractivity contribution in [1.82, 2.24) is 15.5 Å². The van der Waals surface area contributed by atoms with E-state index in [9.17, 15) is 4.79 Å². The molecule has 2 N–H and O–H groups in total. The van der Waals surface area contributed by atoms with Crippen molar-refractivity contribution < 1.29 is 4.79 Å². The van der Waals surface area contributed by atoms with Crippen LogP contribution in [-0.4, -0.2) is 49.0 Å². The third-order valence-electron chi connectivity index (χ3n) is 4.37. The maximum absolute atomic E-state index is 11.9. The summed E-state index contributed by atoms with van der Waals surface area (Å²) in [6.45, 7) is 12.8. The zero-order chi connectivity index (χ0) is 16.1. The van der Waals surface area contributed by atoms with E-state index in [0.717, 1.165) is 19.0 Å². The Labute approximate surface area is 129 Å². The molecule has 5 nitrogen and oxygen atoms in total. The van der Waals surface area contributed by atoms with E-state index in [1.807, 2.05) is 20.8 Å². The lowest BCUT2D eigenvalue weighted by atomic mass is 9.82. The molecule has 1 amide bonds. The zero-order valence-electron chi connectivity index (χ0n) is 14.5. The third-order valence-corrected chi connectivity index (χ3v) is 4.37. The number of nitrogens with one attached hydrogen (secondary N) is 2. The molecule has 1 heterocycles. The van der Waals surface area contributed by atoms with E-state index >= 15 is 0 Å². The Morgan fingerprint density at radius 1 is 1.29 bits per heavy atom. The van der Waals surface area contributed by atoms with Crippen LogP contribution in [0.25, 0.3) is 0 Å². The Balaban J connectivity index is 2.52. The molecule has 1 saturated heterocycles. The van der Waals surface area contributed by atoms with Gasteiger partial charge < -0.3 is 15.5 Å². The zero-order valence-corrected chi connectivity index (χ0v) is 14.5. The largest absolute Gasteiger partial charge is 0.350 e. The first-order chi connectivity index (χ1) is 9.75. The summed E-state index contributed by atoms with van der Waals surface area (Å²) in [7, 11) is 1.78. The fraction of sp³-hybridized carbons (Fsp3) is 0.875. The molecule has 0 aromatic rings. The Hall–Kier alpha value is -1.26. The lowest BCUT2D eigenvalue weighted by Crippen LogP contribution is -2.49. The monoisotopic (exact) mass is 296 g/mol. The van der Waals surface area contributed by atoms with Crippen LogP contribution in [0.15, 0.2) is 4.99 Å². The van der Waals surface area contributed by atoms with E-state index < -0.39 is 0 Å². The highest BCUT2D eigenvalue weighted by Gasteiger charge is 2.36. The highest BCUT2D eigenvalue weighted by Crippen LogP contribution is 2.36. The third kappa shape index (κ3) is 5.21. The fourth-order valence-electron chi connectivity index (χ4n) is 2.90. The first kappa shape index (κ1) is 17.8. The number of carbonyl (C=O) groups excluding carboxylic acids is 1. The second kappa shape index (κ2) is 7.14. The van der Waals surface area contributed by atoms with Gasteiger partial charge in [0, 0.05) is 25.7 Å². The molecule has 5 heteroatoms. The molecule has 1 aliphatic rings. The molecular formula is C16H32N4O. The van der Waals surface area contributed by atoms with Gasteiger partial charge in [0.15, 0.2) is 5.96 Å². The van der Waals surface area contributed by atoms with E-state index in [4.69, 9.17) is 0 Å². The van der Waals surface area contributed by atoms with Gasteiger partial charge in [0.2, 0.25) is 5.91 Å². The predicted octanol–water partition coefficient (Wildman–Crippen LogP) is 1.99. The van der Waals surface area contributed by atoms with Crippen molar-refractivity contribution >= 4 is 11.9 Å². The van der Waals surface area contributed by atoms with E-state index in [-0.39, 0.29) is 18.0 Å². The van der Waals surface area contributed by atoms with Crippen LogP contribution in [0, 0.1) is 5.41 Å². The van der Waals surface area contributed by atoms with Crippen molar-refractivity contribution in [2.24, 2.45) is 10.4 Å². The lowest BCUT2D eigenvalue weighted by Gasteiger charge is -2.28. The average molecular weight is 296 g/mol. The Bertz CT molecular complexity index is 380. The molecule has 0 saturated carbocycles. The van der Waals surface area contributed by atoms with Gasteiger partial charge in [-0.15, -0.1) is 0 Å². The number of aliphatic imine (C=N–C) groups is 1. The minimum atomic E-state index is -0.199. The van der Waals surface area contributed by atoms with Crippen LogP contribution in [0.3, 0.4) is 0 Å². The molecular weight excluding hydrogens is 264 g/mol. The topological polar surface area (TPSA) is 56.7 Å². The van der Waals surface area contributed by atoms with Gasteiger partial charge in [0.05, 0.1) is 6.54 Å². The van der Waals surface area contributed by atoms with E-state index in [1.54, 1.807) is 7.05 Å². The summed E-state index contributed by atoms with van der Waals surface area (Å²) in [6, 6.07) is 0. The number of hydrogen-bond donors (Lipinski definition) is 2. The minimum absolute atomic E-state index is 0.0000863. The lowest BCUT2D eigenvalue weighted by molar-refractivity contribution is -0.121. The summed E-state index contributed by atoms with van der Waals surface area (Å²) in [5.41, 5.74) is 0.209. The van der Waals surface area contributed by atoms with Crippen molar-refractivity contribution in [3.8, 4) is 0 Å². The molecule has 0 aliphatic carbocycles. The molecule has 0 bridgehead atoms. The van der Waals surface area contributed by atoms with E-state index in [2.05, 4.69) is 34.4 Å². The van der Waals surface area contributed by atoms with Crippen LogP contribution in [0.4, 0.5) is 0 Å². The molecule has 1 rings (SSSR count). The minimum Gasteiger partial charge on any atom is -0.350 e. The number of amides is 1.